The van der Waals surface area contributed by atoms with E-state index in [0.29, 0.717) is 23.2 Å². The predicted octanol–water partition coefficient (Wildman–Crippen LogP) is 1.52. The first-order valence-corrected chi connectivity index (χ1v) is 5.67. The molecule has 1 saturated heterocycles. The average Bonchev–Trinajstić information content (AvgIpc) is 3.00. The summed E-state index contributed by atoms with van der Waals surface area (Å²) in [4.78, 5) is 4.35. The van der Waals surface area contributed by atoms with E-state index in [0.717, 1.165) is 19.5 Å². The Morgan fingerprint density at radius 2 is 2.24 bits per heavy atom. The highest BCUT2D eigenvalue weighted by Gasteiger charge is 2.22. The van der Waals surface area contributed by atoms with E-state index in [1.165, 1.54) is 0 Å². The molecule has 5 nitrogen and oxygen atoms in total. The topological polar surface area (TPSA) is 71.2 Å². The summed E-state index contributed by atoms with van der Waals surface area (Å²) in [5.74, 6) is 1.57. The van der Waals surface area contributed by atoms with Crippen molar-refractivity contribution in [1.29, 1.82) is 0 Å². The number of benzene rings is 1. The van der Waals surface area contributed by atoms with Gasteiger partial charge in [0.1, 0.15) is 5.75 Å². The highest BCUT2D eigenvalue weighted by Crippen LogP contribution is 2.29. The number of rotatable bonds is 2. The molecular weight excluding hydrogens is 218 g/mol. The van der Waals surface area contributed by atoms with Crippen LogP contribution in [0.5, 0.6) is 5.75 Å². The maximum Gasteiger partial charge on any atom is 0.261 e. The normalized spacial score (nSPS) is 19.6. The van der Waals surface area contributed by atoms with Crippen molar-refractivity contribution in [3.63, 3.8) is 0 Å². The largest absolute Gasteiger partial charge is 0.507 e. The van der Waals surface area contributed by atoms with Gasteiger partial charge in [-0.3, -0.25) is 0 Å². The summed E-state index contributed by atoms with van der Waals surface area (Å²) >= 11 is 0. The van der Waals surface area contributed by atoms with Crippen LogP contribution in [-0.2, 0) is 0 Å². The lowest BCUT2D eigenvalue weighted by Crippen LogP contribution is -2.08. The van der Waals surface area contributed by atoms with Crippen molar-refractivity contribution in [3.05, 3.63) is 30.1 Å². The van der Waals surface area contributed by atoms with Crippen molar-refractivity contribution in [2.24, 2.45) is 0 Å². The Morgan fingerprint density at radius 1 is 1.35 bits per heavy atom. The maximum absolute atomic E-state index is 9.70. The molecule has 1 unspecified atom stereocenters. The average molecular weight is 231 g/mol. The molecule has 1 fully saturated rings. The number of nitrogens with one attached hydrogen (secondary N) is 1. The summed E-state index contributed by atoms with van der Waals surface area (Å²) < 4.78 is 5.20. The number of hydrogen-bond donors (Lipinski definition) is 2. The first-order chi connectivity index (χ1) is 8.34. The van der Waals surface area contributed by atoms with Gasteiger partial charge in [-0.15, -0.1) is 0 Å². The molecule has 1 aromatic heterocycles. The number of nitrogens with zero attached hydrogens (tertiary/aromatic N) is 2. The van der Waals surface area contributed by atoms with Crippen LogP contribution in [-0.4, -0.2) is 28.3 Å². The third-order valence-corrected chi connectivity index (χ3v) is 3.00. The van der Waals surface area contributed by atoms with Crippen molar-refractivity contribution in [2.45, 2.75) is 12.3 Å². The van der Waals surface area contributed by atoms with Crippen molar-refractivity contribution in [3.8, 4) is 17.2 Å². The quantitative estimate of drug-likeness (QED) is 0.820. The Hall–Kier alpha value is -1.88. The monoisotopic (exact) mass is 231 g/mol. The van der Waals surface area contributed by atoms with Gasteiger partial charge in [-0.2, -0.15) is 4.98 Å². The number of phenols is 1. The lowest BCUT2D eigenvalue weighted by Gasteiger charge is -1.99. The summed E-state index contributed by atoms with van der Waals surface area (Å²) in [6.45, 7) is 1.88. The van der Waals surface area contributed by atoms with Gasteiger partial charge in [0.15, 0.2) is 5.82 Å². The highest BCUT2D eigenvalue weighted by atomic mass is 16.5. The van der Waals surface area contributed by atoms with Crippen LogP contribution in [0.4, 0.5) is 0 Å². The van der Waals surface area contributed by atoms with Crippen LogP contribution < -0.4 is 5.32 Å². The van der Waals surface area contributed by atoms with Gasteiger partial charge >= 0.3 is 0 Å². The van der Waals surface area contributed by atoms with E-state index in [1.54, 1.807) is 18.2 Å². The van der Waals surface area contributed by atoms with Crippen LogP contribution in [0, 0.1) is 0 Å². The second-order valence-electron chi connectivity index (χ2n) is 4.16. The minimum atomic E-state index is 0.159. The van der Waals surface area contributed by atoms with E-state index >= 15 is 0 Å². The number of aromatic nitrogens is 2. The SMILES string of the molecule is Oc1ccccc1-c1nc(C2CCNC2)no1. The van der Waals surface area contributed by atoms with Crippen LogP contribution in [0.3, 0.4) is 0 Å². The lowest BCUT2D eigenvalue weighted by molar-refractivity contribution is 0.413. The van der Waals surface area contributed by atoms with Gasteiger partial charge in [-0.05, 0) is 25.1 Å². The minimum Gasteiger partial charge on any atom is -0.507 e. The molecule has 1 aliphatic rings. The van der Waals surface area contributed by atoms with Gasteiger partial charge in [-0.25, -0.2) is 0 Å². The lowest BCUT2D eigenvalue weighted by atomic mass is 10.1. The molecule has 88 valence electrons. The zero-order chi connectivity index (χ0) is 11.7. The van der Waals surface area contributed by atoms with E-state index in [2.05, 4.69) is 15.5 Å². The standard InChI is InChI=1S/C12H13N3O2/c16-10-4-2-1-3-9(10)12-14-11(15-17-12)8-5-6-13-7-8/h1-4,8,13,16H,5-7H2. The third-order valence-electron chi connectivity index (χ3n) is 3.00. The van der Waals surface area contributed by atoms with Crippen molar-refractivity contribution < 1.29 is 9.63 Å². The molecule has 2 heterocycles. The molecule has 2 aromatic rings. The maximum atomic E-state index is 9.70. The molecule has 3 rings (SSSR count). The van der Waals surface area contributed by atoms with Crippen molar-refractivity contribution >= 4 is 0 Å². The Labute approximate surface area is 98.5 Å². The zero-order valence-electron chi connectivity index (χ0n) is 9.26. The number of phenolic OH excluding ortho intramolecular Hbond substituents is 1. The van der Waals surface area contributed by atoms with E-state index in [-0.39, 0.29) is 5.75 Å². The summed E-state index contributed by atoms with van der Waals surface area (Å²) in [5.41, 5.74) is 0.581. The van der Waals surface area contributed by atoms with Crippen LogP contribution >= 0.6 is 0 Å². The second kappa shape index (κ2) is 4.18. The molecule has 2 N–H and O–H groups in total. The fourth-order valence-electron chi connectivity index (χ4n) is 2.04. The number of para-hydroxylation sites is 1. The molecule has 0 radical (unpaired) electrons. The Balaban J connectivity index is 1.92. The smallest absolute Gasteiger partial charge is 0.261 e. The van der Waals surface area contributed by atoms with Gasteiger partial charge in [0.05, 0.1) is 5.56 Å². The molecule has 1 aromatic carbocycles. The van der Waals surface area contributed by atoms with Gasteiger partial charge in [0, 0.05) is 12.5 Å². The molecule has 5 heteroatoms. The molecule has 0 bridgehead atoms. The second-order valence-corrected chi connectivity index (χ2v) is 4.16. The zero-order valence-corrected chi connectivity index (χ0v) is 9.26. The number of aromatic hydroxyl groups is 1. The first-order valence-electron chi connectivity index (χ1n) is 5.67. The molecule has 1 atom stereocenters. The van der Waals surface area contributed by atoms with Crippen LogP contribution in [0.15, 0.2) is 28.8 Å². The molecule has 17 heavy (non-hydrogen) atoms. The van der Waals surface area contributed by atoms with Crippen LogP contribution in [0.2, 0.25) is 0 Å². The molecule has 0 saturated carbocycles. The summed E-state index contributed by atoms with van der Waals surface area (Å²) in [7, 11) is 0. The van der Waals surface area contributed by atoms with E-state index in [4.69, 9.17) is 4.52 Å². The molecule has 1 aliphatic heterocycles. The minimum absolute atomic E-state index is 0.159. The van der Waals surface area contributed by atoms with E-state index in [9.17, 15) is 5.11 Å². The van der Waals surface area contributed by atoms with Crippen LogP contribution in [0.1, 0.15) is 18.2 Å². The van der Waals surface area contributed by atoms with E-state index in [1.807, 2.05) is 6.07 Å². The van der Waals surface area contributed by atoms with Gasteiger partial charge in [-0.1, -0.05) is 17.3 Å². The Kier molecular flexibility index (Phi) is 2.53. The Morgan fingerprint density at radius 3 is 3.00 bits per heavy atom. The van der Waals surface area contributed by atoms with E-state index < -0.39 is 0 Å². The summed E-state index contributed by atoms with van der Waals surface area (Å²) in [5, 5.41) is 16.9. The molecule has 0 aliphatic carbocycles. The summed E-state index contributed by atoms with van der Waals surface area (Å²) in [6, 6.07) is 6.96. The fourth-order valence-corrected chi connectivity index (χ4v) is 2.04. The third kappa shape index (κ3) is 1.89. The molecule has 0 spiro atoms. The first kappa shape index (κ1) is 10.3. The number of hydrogen-bond acceptors (Lipinski definition) is 5. The van der Waals surface area contributed by atoms with Crippen molar-refractivity contribution in [1.82, 2.24) is 15.5 Å². The fraction of sp³-hybridized carbons (Fsp3) is 0.333. The molecular formula is C12H13N3O2. The van der Waals surface area contributed by atoms with Crippen LogP contribution in [0.25, 0.3) is 11.5 Å². The van der Waals surface area contributed by atoms with Gasteiger partial charge in [0.25, 0.3) is 5.89 Å². The van der Waals surface area contributed by atoms with Crippen molar-refractivity contribution in [2.75, 3.05) is 13.1 Å². The predicted molar refractivity (Wildman–Crippen MR) is 61.6 cm³/mol. The molecule has 0 amide bonds. The Bertz CT molecular complexity index is 518. The highest BCUT2D eigenvalue weighted by molar-refractivity contribution is 5.61. The van der Waals surface area contributed by atoms with Gasteiger partial charge in [0.2, 0.25) is 0 Å². The van der Waals surface area contributed by atoms with Gasteiger partial charge < -0.3 is 14.9 Å². The summed E-state index contributed by atoms with van der Waals surface area (Å²) in [6.07, 6.45) is 1.03.